The van der Waals surface area contributed by atoms with Gasteiger partial charge in [0.05, 0.1) is 12.7 Å². The van der Waals surface area contributed by atoms with Crippen molar-refractivity contribution < 1.29 is 14.3 Å². The van der Waals surface area contributed by atoms with Crippen LogP contribution in [0.2, 0.25) is 0 Å². The summed E-state index contributed by atoms with van der Waals surface area (Å²) in [5.74, 6) is 0.736. The van der Waals surface area contributed by atoms with Gasteiger partial charge >= 0.3 is 6.03 Å². The van der Waals surface area contributed by atoms with Crippen molar-refractivity contribution >= 4 is 6.03 Å². The second-order valence-corrected chi connectivity index (χ2v) is 7.05. The smallest absolute Gasteiger partial charge is 0.317 e. The van der Waals surface area contributed by atoms with Crippen molar-refractivity contribution in [2.24, 2.45) is 5.92 Å². The Bertz CT molecular complexity index is 371. The second kappa shape index (κ2) is 7.64. The van der Waals surface area contributed by atoms with Gasteiger partial charge in [-0.15, -0.1) is 0 Å². The van der Waals surface area contributed by atoms with Gasteiger partial charge in [-0.25, -0.2) is 4.79 Å². The minimum atomic E-state index is 0.131. The maximum absolute atomic E-state index is 12.5. The van der Waals surface area contributed by atoms with Crippen molar-refractivity contribution in [3.05, 3.63) is 0 Å². The van der Waals surface area contributed by atoms with Gasteiger partial charge in [0.1, 0.15) is 0 Å². The molecule has 0 radical (unpaired) electrons. The third-order valence-electron chi connectivity index (χ3n) is 5.42. The van der Waals surface area contributed by atoms with Crippen LogP contribution in [0.15, 0.2) is 0 Å². The van der Waals surface area contributed by atoms with Gasteiger partial charge in [-0.2, -0.15) is 0 Å². The standard InChI is InChI=1S/C17H30N2O3/c1-13-11-14-5-2-3-6-16(14)19(13)17(20)18-8-4-9-22-15-7-10-21-12-15/h13-16H,2-12H2,1H3,(H,18,20)/t13-,14+,15+,16+/m1/s1. The quantitative estimate of drug-likeness (QED) is 0.794. The average Bonchev–Trinajstić information content (AvgIpc) is 3.13. The maximum Gasteiger partial charge on any atom is 0.317 e. The molecule has 126 valence electrons. The van der Waals surface area contributed by atoms with E-state index < -0.39 is 0 Å². The Morgan fingerprint density at radius 3 is 3.00 bits per heavy atom. The van der Waals surface area contributed by atoms with Crippen LogP contribution in [-0.2, 0) is 9.47 Å². The van der Waals surface area contributed by atoms with E-state index in [2.05, 4.69) is 17.1 Å². The van der Waals surface area contributed by atoms with Gasteiger partial charge in [0.15, 0.2) is 0 Å². The molecule has 2 heterocycles. The second-order valence-electron chi connectivity index (χ2n) is 7.05. The van der Waals surface area contributed by atoms with Crippen LogP contribution in [0.4, 0.5) is 4.79 Å². The molecule has 1 N–H and O–H groups in total. The molecule has 0 spiro atoms. The fraction of sp³-hybridized carbons (Fsp3) is 0.941. The summed E-state index contributed by atoms with van der Waals surface area (Å²) in [5.41, 5.74) is 0. The van der Waals surface area contributed by atoms with Crippen molar-refractivity contribution in [3.8, 4) is 0 Å². The summed E-state index contributed by atoms with van der Waals surface area (Å²) in [6.45, 7) is 5.14. The zero-order valence-corrected chi connectivity index (χ0v) is 13.8. The largest absolute Gasteiger partial charge is 0.379 e. The van der Waals surface area contributed by atoms with Crippen LogP contribution >= 0.6 is 0 Å². The molecule has 5 heteroatoms. The Kier molecular flexibility index (Phi) is 5.58. The molecule has 22 heavy (non-hydrogen) atoms. The highest BCUT2D eigenvalue weighted by Gasteiger charge is 2.42. The van der Waals surface area contributed by atoms with Crippen LogP contribution in [0.25, 0.3) is 0 Å². The third-order valence-corrected chi connectivity index (χ3v) is 5.42. The molecule has 3 rings (SSSR count). The lowest BCUT2D eigenvalue weighted by Crippen LogP contribution is -2.48. The summed E-state index contributed by atoms with van der Waals surface area (Å²) in [6, 6.07) is 1.00. The number of nitrogens with one attached hydrogen (secondary N) is 1. The van der Waals surface area contributed by atoms with Crippen molar-refractivity contribution in [1.82, 2.24) is 10.2 Å². The summed E-state index contributed by atoms with van der Waals surface area (Å²) in [4.78, 5) is 14.6. The summed E-state index contributed by atoms with van der Waals surface area (Å²) >= 11 is 0. The Hall–Kier alpha value is -0.810. The number of hydrogen-bond acceptors (Lipinski definition) is 3. The first kappa shape index (κ1) is 16.1. The summed E-state index contributed by atoms with van der Waals surface area (Å²) in [6.07, 6.45) is 8.42. The SMILES string of the molecule is C[C@@H]1C[C@@H]2CCCC[C@@H]2N1C(=O)NCCCO[C@H]1CCOC1. The lowest BCUT2D eigenvalue weighted by atomic mass is 9.85. The first-order valence-corrected chi connectivity index (χ1v) is 9.01. The van der Waals surface area contributed by atoms with E-state index in [4.69, 9.17) is 9.47 Å². The number of fused-ring (bicyclic) bond motifs is 1. The zero-order valence-electron chi connectivity index (χ0n) is 13.8. The Morgan fingerprint density at radius 2 is 2.18 bits per heavy atom. The molecule has 0 aromatic carbocycles. The van der Waals surface area contributed by atoms with E-state index in [9.17, 15) is 4.79 Å². The molecule has 2 aliphatic heterocycles. The Morgan fingerprint density at radius 1 is 1.32 bits per heavy atom. The number of carbonyl (C=O) groups excluding carboxylic acids is 1. The number of likely N-dealkylation sites (tertiary alicyclic amines) is 1. The van der Waals surface area contributed by atoms with Gasteiger partial charge in [0, 0.05) is 31.8 Å². The van der Waals surface area contributed by atoms with Crippen LogP contribution < -0.4 is 5.32 Å². The van der Waals surface area contributed by atoms with E-state index in [-0.39, 0.29) is 12.1 Å². The van der Waals surface area contributed by atoms with E-state index in [1.165, 1.54) is 32.1 Å². The number of amides is 2. The molecule has 3 fully saturated rings. The van der Waals surface area contributed by atoms with Gasteiger partial charge in [0.2, 0.25) is 0 Å². The van der Waals surface area contributed by atoms with Gasteiger partial charge in [-0.3, -0.25) is 0 Å². The Labute approximate surface area is 133 Å². The van der Waals surface area contributed by atoms with Crippen LogP contribution in [0.3, 0.4) is 0 Å². The zero-order chi connectivity index (χ0) is 15.4. The monoisotopic (exact) mass is 310 g/mol. The number of urea groups is 1. The molecule has 0 aromatic heterocycles. The first-order valence-electron chi connectivity index (χ1n) is 9.01. The fourth-order valence-electron chi connectivity index (χ4n) is 4.31. The molecule has 2 amide bonds. The molecule has 0 unspecified atom stereocenters. The van der Waals surface area contributed by atoms with Crippen molar-refractivity contribution in [1.29, 1.82) is 0 Å². The predicted octanol–water partition coefficient (Wildman–Crippen LogP) is 2.54. The Balaban J connectivity index is 1.36. The fourth-order valence-corrected chi connectivity index (χ4v) is 4.31. The highest BCUT2D eigenvalue weighted by molar-refractivity contribution is 5.75. The normalized spacial score (nSPS) is 34.7. The first-order chi connectivity index (χ1) is 10.8. The van der Waals surface area contributed by atoms with Crippen LogP contribution in [-0.4, -0.2) is 55.5 Å². The van der Waals surface area contributed by atoms with E-state index in [0.29, 0.717) is 25.2 Å². The maximum atomic E-state index is 12.5. The van der Waals surface area contributed by atoms with E-state index in [1.54, 1.807) is 0 Å². The molecule has 1 aliphatic carbocycles. The van der Waals surface area contributed by atoms with E-state index in [0.717, 1.165) is 32.0 Å². The predicted molar refractivity (Wildman–Crippen MR) is 84.9 cm³/mol. The topological polar surface area (TPSA) is 50.8 Å². The van der Waals surface area contributed by atoms with E-state index >= 15 is 0 Å². The van der Waals surface area contributed by atoms with Gasteiger partial charge in [0.25, 0.3) is 0 Å². The minimum Gasteiger partial charge on any atom is -0.379 e. The van der Waals surface area contributed by atoms with Crippen LogP contribution in [0.1, 0.15) is 51.9 Å². The van der Waals surface area contributed by atoms with Crippen LogP contribution in [0, 0.1) is 5.92 Å². The number of ether oxygens (including phenoxy) is 2. The number of rotatable bonds is 5. The number of nitrogens with zero attached hydrogens (tertiary/aromatic N) is 1. The summed E-state index contributed by atoms with van der Waals surface area (Å²) < 4.78 is 11.0. The molecule has 0 aromatic rings. The molecule has 3 aliphatic rings. The highest BCUT2D eigenvalue weighted by atomic mass is 16.5. The highest BCUT2D eigenvalue weighted by Crippen LogP contribution is 2.39. The lowest BCUT2D eigenvalue weighted by molar-refractivity contribution is 0.0416. The third kappa shape index (κ3) is 3.74. The van der Waals surface area contributed by atoms with Crippen molar-refractivity contribution in [3.63, 3.8) is 0 Å². The van der Waals surface area contributed by atoms with Crippen molar-refractivity contribution in [2.45, 2.75) is 70.1 Å². The molecule has 0 bridgehead atoms. The summed E-state index contributed by atoms with van der Waals surface area (Å²) in [7, 11) is 0. The molecule has 2 saturated heterocycles. The molecule has 1 saturated carbocycles. The number of hydrogen-bond donors (Lipinski definition) is 1. The van der Waals surface area contributed by atoms with E-state index in [1.807, 2.05) is 0 Å². The number of carbonyl (C=O) groups is 1. The average molecular weight is 310 g/mol. The van der Waals surface area contributed by atoms with Gasteiger partial charge < -0.3 is 19.7 Å². The molecular weight excluding hydrogens is 280 g/mol. The van der Waals surface area contributed by atoms with Gasteiger partial charge in [-0.1, -0.05) is 12.8 Å². The minimum absolute atomic E-state index is 0.131. The molecule has 4 atom stereocenters. The summed E-state index contributed by atoms with van der Waals surface area (Å²) in [5, 5.41) is 3.09. The molecule has 5 nitrogen and oxygen atoms in total. The van der Waals surface area contributed by atoms with Crippen molar-refractivity contribution in [2.75, 3.05) is 26.4 Å². The van der Waals surface area contributed by atoms with Crippen LogP contribution in [0.5, 0.6) is 0 Å². The van der Waals surface area contributed by atoms with Gasteiger partial charge in [-0.05, 0) is 44.9 Å². The molecular formula is C17H30N2O3. The lowest BCUT2D eigenvalue weighted by Gasteiger charge is -2.33.